The molecular formula is C14H18N2O2. The van der Waals surface area contributed by atoms with Crippen LogP contribution in [0, 0.1) is 11.3 Å². The van der Waals surface area contributed by atoms with E-state index >= 15 is 0 Å². The van der Waals surface area contributed by atoms with Crippen LogP contribution in [-0.2, 0) is 4.74 Å². The Morgan fingerprint density at radius 1 is 1.44 bits per heavy atom. The quantitative estimate of drug-likeness (QED) is 0.871. The monoisotopic (exact) mass is 246 g/mol. The van der Waals surface area contributed by atoms with Crippen LogP contribution in [0.3, 0.4) is 0 Å². The first kappa shape index (κ1) is 13.0. The van der Waals surface area contributed by atoms with Gasteiger partial charge in [0.05, 0.1) is 31.8 Å². The molecule has 0 aromatic heterocycles. The van der Waals surface area contributed by atoms with Crippen molar-refractivity contribution in [2.75, 3.05) is 26.3 Å². The van der Waals surface area contributed by atoms with Crippen LogP contribution in [0.1, 0.15) is 18.0 Å². The summed E-state index contributed by atoms with van der Waals surface area (Å²) >= 11 is 0. The van der Waals surface area contributed by atoms with E-state index in [2.05, 4.69) is 11.0 Å². The summed E-state index contributed by atoms with van der Waals surface area (Å²) in [5.74, 6) is 0. The standard InChI is InChI=1S/C14H18N2O2/c15-7-6-14(12-4-2-1-3-5-12)16-8-9-18-13(10-16)11-17/h1-5,13-14,17H,6,8-11H2. The van der Waals surface area contributed by atoms with E-state index in [0.717, 1.165) is 12.1 Å². The molecule has 1 fully saturated rings. The third-order valence-electron chi connectivity index (χ3n) is 3.28. The van der Waals surface area contributed by atoms with E-state index < -0.39 is 0 Å². The molecule has 0 bridgehead atoms. The lowest BCUT2D eigenvalue weighted by atomic mass is 10.0. The highest BCUT2D eigenvalue weighted by atomic mass is 16.5. The van der Waals surface area contributed by atoms with Crippen molar-refractivity contribution in [3.8, 4) is 6.07 Å². The maximum atomic E-state index is 9.17. The normalized spacial score (nSPS) is 22.3. The maximum Gasteiger partial charge on any atom is 0.0933 e. The number of ether oxygens (including phenoxy) is 1. The second-order valence-corrected chi connectivity index (χ2v) is 4.46. The molecule has 0 radical (unpaired) electrons. The summed E-state index contributed by atoms with van der Waals surface area (Å²) in [5, 5.41) is 18.2. The van der Waals surface area contributed by atoms with Gasteiger partial charge in [-0.2, -0.15) is 5.26 Å². The summed E-state index contributed by atoms with van der Waals surface area (Å²) in [6.45, 7) is 2.13. The molecule has 0 aliphatic carbocycles. The smallest absolute Gasteiger partial charge is 0.0933 e. The van der Waals surface area contributed by atoms with Crippen LogP contribution in [-0.4, -0.2) is 42.4 Å². The van der Waals surface area contributed by atoms with Crippen molar-refractivity contribution in [2.45, 2.75) is 18.6 Å². The van der Waals surface area contributed by atoms with Crippen molar-refractivity contribution >= 4 is 0 Å². The molecule has 1 heterocycles. The van der Waals surface area contributed by atoms with Crippen LogP contribution < -0.4 is 0 Å². The molecule has 18 heavy (non-hydrogen) atoms. The maximum absolute atomic E-state index is 9.17. The van der Waals surface area contributed by atoms with Crippen LogP contribution in [0.5, 0.6) is 0 Å². The SMILES string of the molecule is N#CCC(c1ccccc1)N1CCOC(CO)C1. The van der Waals surface area contributed by atoms with Crippen molar-refractivity contribution in [1.29, 1.82) is 5.26 Å². The first-order chi connectivity index (χ1) is 8.85. The summed E-state index contributed by atoms with van der Waals surface area (Å²) in [6, 6.07) is 12.4. The second kappa shape index (κ2) is 6.50. The first-order valence-corrected chi connectivity index (χ1v) is 6.23. The molecule has 0 amide bonds. The van der Waals surface area contributed by atoms with Gasteiger partial charge in [0.2, 0.25) is 0 Å². The molecule has 1 aromatic carbocycles. The minimum atomic E-state index is -0.136. The molecule has 1 aliphatic rings. The number of aliphatic hydroxyl groups excluding tert-OH is 1. The molecule has 2 rings (SSSR count). The van der Waals surface area contributed by atoms with E-state index in [4.69, 9.17) is 10.00 Å². The molecule has 4 heteroatoms. The average Bonchev–Trinajstić information content (AvgIpc) is 2.46. The molecule has 0 spiro atoms. The van der Waals surface area contributed by atoms with Crippen LogP contribution in [0.2, 0.25) is 0 Å². The number of nitriles is 1. The third-order valence-corrected chi connectivity index (χ3v) is 3.28. The predicted octanol–water partition coefficient (Wildman–Crippen LogP) is 1.33. The van der Waals surface area contributed by atoms with E-state index in [9.17, 15) is 5.11 Å². The number of hydrogen-bond donors (Lipinski definition) is 1. The van der Waals surface area contributed by atoms with Gasteiger partial charge in [-0.05, 0) is 5.56 Å². The fourth-order valence-corrected chi connectivity index (χ4v) is 2.36. The minimum Gasteiger partial charge on any atom is -0.394 e. The van der Waals surface area contributed by atoms with Crippen molar-refractivity contribution < 1.29 is 9.84 Å². The Morgan fingerprint density at radius 2 is 2.22 bits per heavy atom. The zero-order chi connectivity index (χ0) is 12.8. The Morgan fingerprint density at radius 3 is 2.89 bits per heavy atom. The fraction of sp³-hybridized carbons (Fsp3) is 0.500. The van der Waals surface area contributed by atoms with E-state index in [1.165, 1.54) is 0 Å². The van der Waals surface area contributed by atoms with Gasteiger partial charge in [0.1, 0.15) is 0 Å². The predicted molar refractivity (Wildman–Crippen MR) is 67.8 cm³/mol. The van der Waals surface area contributed by atoms with Crippen LogP contribution in [0.15, 0.2) is 30.3 Å². The molecule has 96 valence electrons. The van der Waals surface area contributed by atoms with E-state index in [-0.39, 0.29) is 18.8 Å². The summed E-state index contributed by atoms with van der Waals surface area (Å²) in [4.78, 5) is 2.23. The van der Waals surface area contributed by atoms with E-state index in [1.54, 1.807) is 0 Å². The van der Waals surface area contributed by atoms with Gasteiger partial charge in [-0.25, -0.2) is 0 Å². The molecule has 1 saturated heterocycles. The Hall–Kier alpha value is -1.41. The van der Waals surface area contributed by atoms with Crippen molar-refractivity contribution in [1.82, 2.24) is 4.90 Å². The van der Waals surface area contributed by atoms with Gasteiger partial charge < -0.3 is 9.84 Å². The van der Waals surface area contributed by atoms with Crippen molar-refractivity contribution in [2.24, 2.45) is 0 Å². The van der Waals surface area contributed by atoms with Crippen molar-refractivity contribution in [3.05, 3.63) is 35.9 Å². The summed E-state index contributed by atoms with van der Waals surface area (Å²) in [6.07, 6.45) is 0.325. The Balaban J connectivity index is 2.13. The highest BCUT2D eigenvalue weighted by Gasteiger charge is 2.26. The largest absolute Gasteiger partial charge is 0.394 e. The Bertz CT molecular complexity index is 402. The van der Waals surface area contributed by atoms with Crippen LogP contribution >= 0.6 is 0 Å². The topological polar surface area (TPSA) is 56.5 Å². The second-order valence-electron chi connectivity index (χ2n) is 4.46. The van der Waals surface area contributed by atoms with Crippen molar-refractivity contribution in [3.63, 3.8) is 0 Å². The van der Waals surface area contributed by atoms with Gasteiger partial charge in [-0.15, -0.1) is 0 Å². The number of benzene rings is 1. The highest BCUT2D eigenvalue weighted by Crippen LogP contribution is 2.25. The third kappa shape index (κ3) is 3.08. The number of rotatable bonds is 4. The Kier molecular flexibility index (Phi) is 4.71. The fourth-order valence-electron chi connectivity index (χ4n) is 2.36. The zero-order valence-electron chi connectivity index (χ0n) is 10.3. The lowest BCUT2D eigenvalue weighted by Crippen LogP contribution is -2.45. The van der Waals surface area contributed by atoms with Gasteiger partial charge in [0.25, 0.3) is 0 Å². The van der Waals surface area contributed by atoms with Gasteiger partial charge in [0, 0.05) is 19.1 Å². The molecular weight excluding hydrogens is 228 g/mol. The molecule has 1 N–H and O–H groups in total. The molecule has 4 nitrogen and oxygen atoms in total. The van der Waals surface area contributed by atoms with Gasteiger partial charge >= 0.3 is 0 Å². The molecule has 2 atom stereocenters. The average molecular weight is 246 g/mol. The number of nitrogens with zero attached hydrogens (tertiary/aromatic N) is 2. The number of morpholine rings is 1. The van der Waals surface area contributed by atoms with E-state index in [0.29, 0.717) is 19.6 Å². The Labute approximate surface area is 107 Å². The summed E-state index contributed by atoms with van der Waals surface area (Å²) in [7, 11) is 0. The molecule has 2 unspecified atom stereocenters. The highest BCUT2D eigenvalue weighted by molar-refractivity contribution is 5.20. The van der Waals surface area contributed by atoms with E-state index in [1.807, 2.05) is 30.3 Å². The van der Waals surface area contributed by atoms with Gasteiger partial charge in [-0.3, -0.25) is 4.90 Å². The minimum absolute atomic E-state index is 0.0323. The molecule has 0 saturated carbocycles. The first-order valence-electron chi connectivity index (χ1n) is 6.23. The lowest BCUT2D eigenvalue weighted by molar-refractivity contribution is -0.0648. The lowest BCUT2D eigenvalue weighted by Gasteiger charge is -2.37. The molecule has 1 aliphatic heterocycles. The van der Waals surface area contributed by atoms with Crippen LogP contribution in [0.25, 0.3) is 0 Å². The number of aliphatic hydroxyl groups is 1. The summed E-state index contributed by atoms with van der Waals surface area (Å²) < 4.78 is 5.45. The summed E-state index contributed by atoms with van der Waals surface area (Å²) in [5.41, 5.74) is 1.15. The zero-order valence-corrected chi connectivity index (χ0v) is 10.3. The molecule has 1 aromatic rings. The van der Waals surface area contributed by atoms with Gasteiger partial charge in [-0.1, -0.05) is 30.3 Å². The van der Waals surface area contributed by atoms with Crippen LogP contribution in [0.4, 0.5) is 0 Å². The van der Waals surface area contributed by atoms with Gasteiger partial charge in [0.15, 0.2) is 0 Å². The number of hydrogen-bond acceptors (Lipinski definition) is 4.